The maximum Gasteiger partial charge on any atom is 0.253 e. The van der Waals surface area contributed by atoms with Gasteiger partial charge in [0.15, 0.2) is 5.82 Å². The van der Waals surface area contributed by atoms with Gasteiger partial charge in [0.25, 0.3) is 5.56 Å². The zero-order valence-corrected chi connectivity index (χ0v) is 21.7. The molecular weight excluding hydrogens is 450 g/mol. The number of hydrogen-bond acceptors (Lipinski definition) is 6. The molecule has 1 aromatic carbocycles. The predicted molar refractivity (Wildman–Crippen MR) is 141 cm³/mol. The number of rotatable bonds is 5. The van der Waals surface area contributed by atoms with Gasteiger partial charge < -0.3 is 4.98 Å². The first-order valence-corrected chi connectivity index (χ1v) is 14.0. The maximum absolute atomic E-state index is 13.6. The average molecular weight is 490 g/mol. The highest BCUT2D eigenvalue weighted by atomic mass is 16.1. The van der Waals surface area contributed by atoms with Gasteiger partial charge >= 0.3 is 0 Å². The van der Waals surface area contributed by atoms with Crippen LogP contribution in [0.2, 0.25) is 0 Å². The SMILES string of the molecule is Cc1ccc(C)c2[nH]c(=O)c(C(c3nnnn3C3CCCC3)N3CCN(C4CCCCC4)CC3)cc12. The molecule has 3 heterocycles. The largest absolute Gasteiger partial charge is 0.321 e. The van der Waals surface area contributed by atoms with Crippen molar-refractivity contribution in [2.75, 3.05) is 26.2 Å². The molecule has 6 rings (SSSR count). The van der Waals surface area contributed by atoms with Crippen molar-refractivity contribution in [1.82, 2.24) is 35.0 Å². The lowest BCUT2D eigenvalue weighted by Crippen LogP contribution is -2.52. The van der Waals surface area contributed by atoms with E-state index in [1.54, 1.807) is 0 Å². The lowest BCUT2D eigenvalue weighted by atomic mass is 9.93. The number of benzene rings is 1. The van der Waals surface area contributed by atoms with Crippen LogP contribution >= 0.6 is 0 Å². The Morgan fingerprint density at radius 3 is 2.31 bits per heavy atom. The summed E-state index contributed by atoms with van der Waals surface area (Å²) in [7, 11) is 0. The summed E-state index contributed by atoms with van der Waals surface area (Å²) >= 11 is 0. The second-order valence-corrected chi connectivity index (χ2v) is 11.2. The lowest BCUT2D eigenvalue weighted by molar-refractivity contribution is 0.0613. The summed E-state index contributed by atoms with van der Waals surface area (Å²) in [6, 6.07) is 7.13. The number of nitrogens with one attached hydrogen (secondary N) is 1. The summed E-state index contributed by atoms with van der Waals surface area (Å²) in [6.07, 6.45) is 11.4. The van der Waals surface area contributed by atoms with Gasteiger partial charge in [-0.2, -0.15) is 0 Å². The van der Waals surface area contributed by atoms with Gasteiger partial charge in [-0.15, -0.1) is 5.10 Å². The second kappa shape index (κ2) is 10.1. The lowest BCUT2D eigenvalue weighted by Gasteiger charge is -2.43. The van der Waals surface area contributed by atoms with Gasteiger partial charge in [0.2, 0.25) is 0 Å². The average Bonchev–Trinajstić information content (AvgIpc) is 3.61. The monoisotopic (exact) mass is 489 g/mol. The Kier molecular flexibility index (Phi) is 6.65. The summed E-state index contributed by atoms with van der Waals surface area (Å²) in [5.74, 6) is 0.822. The minimum Gasteiger partial charge on any atom is -0.321 e. The Morgan fingerprint density at radius 1 is 0.889 bits per heavy atom. The van der Waals surface area contributed by atoms with Crippen molar-refractivity contribution in [3.8, 4) is 0 Å². The first-order valence-electron chi connectivity index (χ1n) is 14.0. The molecule has 0 radical (unpaired) electrons. The number of H-pyrrole nitrogens is 1. The molecule has 8 nitrogen and oxygen atoms in total. The minimum absolute atomic E-state index is 0.0307. The van der Waals surface area contributed by atoms with Gasteiger partial charge in [0, 0.05) is 43.2 Å². The fraction of sp³-hybridized carbons (Fsp3) is 0.643. The van der Waals surface area contributed by atoms with Gasteiger partial charge in [0.05, 0.1) is 11.6 Å². The molecule has 1 aliphatic heterocycles. The summed E-state index contributed by atoms with van der Waals surface area (Å²) < 4.78 is 2.04. The Labute approximate surface area is 213 Å². The van der Waals surface area contributed by atoms with Crippen LogP contribution in [-0.4, -0.2) is 67.2 Å². The topological polar surface area (TPSA) is 82.9 Å². The van der Waals surface area contributed by atoms with Crippen molar-refractivity contribution in [2.24, 2.45) is 0 Å². The number of piperazine rings is 1. The van der Waals surface area contributed by atoms with Gasteiger partial charge in [-0.25, -0.2) is 4.68 Å². The highest BCUT2D eigenvalue weighted by molar-refractivity contribution is 5.85. The molecule has 192 valence electrons. The number of fused-ring (bicyclic) bond motifs is 1. The molecular formula is C28H39N7O. The number of aryl methyl sites for hydroxylation is 2. The molecule has 0 amide bonds. The quantitative estimate of drug-likeness (QED) is 0.576. The molecule has 3 aromatic rings. The fourth-order valence-corrected chi connectivity index (χ4v) is 6.89. The van der Waals surface area contributed by atoms with Gasteiger partial charge in [0.1, 0.15) is 6.04 Å². The third-order valence-electron chi connectivity index (χ3n) is 9.01. The Morgan fingerprint density at radius 2 is 1.56 bits per heavy atom. The Balaban J connectivity index is 1.39. The van der Waals surface area contributed by atoms with Crippen LogP contribution in [0.1, 0.15) is 92.4 Å². The second-order valence-electron chi connectivity index (χ2n) is 11.2. The van der Waals surface area contributed by atoms with Gasteiger partial charge in [-0.05, 0) is 67.2 Å². The van der Waals surface area contributed by atoms with E-state index >= 15 is 0 Å². The van der Waals surface area contributed by atoms with Crippen LogP contribution in [0.3, 0.4) is 0 Å². The third-order valence-corrected chi connectivity index (χ3v) is 9.01. The summed E-state index contributed by atoms with van der Waals surface area (Å²) in [5, 5.41) is 14.3. The van der Waals surface area contributed by atoms with Crippen molar-refractivity contribution < 1.29 is 0 Å². The van der Waals surface area contributed by atoms with E-state index in [1.165, 1.54) is 50.5 Å². The molecule has 2 aromatic heterocycles. The van der Waals surface area contributed by atoms with Crippen LogP contribution in [0.25, 0.3) is 10.9 Å². The molecule has 0 bridgehead atoms. The molecule has 1 saturated heterocycles. The van der Waals surface area contributed by atoms with Crippen LogP contribution in [0, 0.1) is 13.8 Å². The number of aromatic nitrogens is 5. The summed E-state index contributed by atoms with van der Waals surface area (Å²) in [5.41, 5.74) is 3.92. The van der Waals surface area contributed by atoms with Crippen molar-refractivity contribution >= 4 is 10.9 Å². The molecule has 8 heteroatoms. The molecule has 1 atom stereocenters. The Bertz CT molecular complexity index is 1260. The van der Waals surface area contributed by atoms with Crippen LogP contribution in [0.15, 0.2) is 23.0 Å². The van der Waals surface area contributed by atoms with E-state index in [9.17, 15) is 4.79 Å². The van der Waals surface area contributed by atoms with E-state index in [1.807, 2.05) is 4.68 Å². The zero-order chi connectivity index (χ0) is 24.6. The number of pyridine rings is 1. The van der Waals surface area contributed by atoms with E-state index < -0.39 is 0 Å². The van der Waals surface area contributed by atoms with Crippen LogP contribution in [0.5, 0.6) is 0 Å². The van der Waals surface area contributed by atoms with Crippen LogP contribution < -0.4 is 5.56 Å². The minimum atomic E-state index is -0.248. The van der Waals surface area contributed by atoms with E-state index in [0.717, 1.165) is 72.9 Å². The molecule has 3 aliphatic rings. The molecule has 3 fully saturated rings. The molecule has 36 heavy (non-hydrogen) atoms. The summed E-state index contributed by atoms with van der Waals surface area (Å²) in [4.78, 5) is 22.0. The van der Waals surface area contributed by atoms with Crippen molar-refractivity contribution in [2.45, 2.75) is 89.8 Å². The van der Waals surface area contributed by atoms with Crippen molar-refractivity contribution in [3.05, 3.63) is 51.1 Å². The normalized spacial score (nSPS) is 21.9. The molecule has 0 spiro atoms. The number of nitrogens with zero attached hydrogens (tertiary/aromatic N) is 6. The van der Waals surface area contributed by atoms with Gasteiger partial charge in [-0.1, -0.05) is 44.2 Å². The highest BCUT2D eigenvalue weighted by Crippen LogP contribution is 2.35. The van der Waals surface area contributed by atoms with E-state index in [4.69, 9.17) is 0 Å². The molecule has 1 N–H and O–H groups in total. The standard InChI is InChI=1S/C28H39N7O/c1-19-12-13-20(2)25-23(19)18-24(28(36)29-25)26(27-30-31-32-35(27)22-10-6-7-11-22)34-16-14-33(15-17-34)21-8-4-3-5-9-21/h12-13,18,21-22,26H,3-11,14-17H2,1-2H3,(H,29,36). The smallest absolute Gasteiger partial charge is 0.253 e. The Hall–Kier alpha value is -2.58. The van der Waals surface area contributed by atoms with Crippen LogP contribution in [-0.2, 0) is 0 Å². The van der Waals surface area contributed by atoms with E-state index in [2.05, 4.69) is 62.4 Å². The first kappa shape index (κ1) is 23.8. The maximum atomic E-state index is 13.6. The molecule has 2 saturated carbocycles. The zero-order valence-electron chi connectivity index (χ0n) is 21.7. The molecule has 2 aliphatic carbocycles. The summed E-state index contributed by atoms with van der Waals surface area (Å²) in [6.45, 7) is 8.09. The number of hydrogen-bond donors (Lipinski definition) is 1. The number of tetrazole rings is 1. The van der Waals surface area contributed by atoms with E-state index in [0.29, 0.717) is 6.04 Å². The van der Waals surface area contributed by atoms with E-state index in [-0.39, 0.29) is 11.6 Å². The van der Waals surface area contributed by atoms with Crippen molar-refractivity contribution in [1.29, 1.82) is 0 Å². The number of aromatic amines is 1. The van der Waals surface area contributed by atoms with Gasteiger partial charge in [-0.3, -0.25) is 14.6 Å². The first-order chi connectivity index (χ1) is 17.6. The fourth-order valence-electron chi connectivity index (χ4n) is 6.89. The molecule has 1 unspecified atom stereocenters. The highest BCUT2D eigenvalue weighted by Gasteiger charge is 2.36. The predicted octanol–water partition coefficient (Wildman–Crippen LogP) is 4.29. The van der Waals surface area contributed by atoms with Crippen LogP contribution in [0.4, 0.5) is 0 Å². The van der Waals surface area contributed by atoms with Crippen molar-refractivity contribution in [3.63, 3.8) is 0 Å². The third kappa shape index (κ3) is 4.39.